The lowest BCUT2D eigenvalue weighted by Crippen LogP contribution is -2.63. The van der Waals surface area contributed by atoms with Crippen molar-refractivity contribution in [3.63, 3.8) is 0 Å². The molecular formula is C31H31ClF5N7O. The van der Waals surface area contributed by atoms with Gasteiger partial charge in [0.05, 0.1) is 27.8 Å². The number of nitrogens with one attached hydrogen (secondary N) is 2. The molecule has 0 radical (unpaired) electrons. The molecule has 0 spiro atoms. The third-order valence-electron chi connectivity index (χ3n) is 10.3. The standard InChI is InChI=1S/C31H31ClF5N7O/c1-15-21(34)8-22-19(10-38-42-22)23(15)24-20(32)7-18-26(25(24)35)39-29(45-14-30-4-2-6-44(30)11-16(33)9-30)40-27(18)43-12-17-3-5-31(13-43,41-17)28(36)37/h7-8,10,16-17,28,41H,2-6,9,11-14H2,1H3,(H,38,42). The number of benzene rings is 2. The van der Waals surface area contributed by atoms with Gasteiger partial charge in [0.2, 0.25) is 0 Å². The highest BCUT2D eigenvalue weighted by Gasteiger charge is 2.52. The van der Waals surface area contributed by atoms with Crippen molar-refractivity contribution in [2.75, 3.05) is 37.7 Å². The lowest BCUT2D eigenvalue weighted by Gasteiger charge is -2.41. The van der Waals surface area contributed by atoms with Crippen LogP contribution in [0, 0.1) is 18.6 Å². The van der Waals surface area contributed by atoms with Gasteiger partial charge in [-0.05, 0) is 56.8 Å². The van der Waals surface area contributed by atoms with Gasteiger partial charge in [-0.25, -0.2) is 22.0 Å². The van der Waals surface area contributed by atoms with Gasteiger partial charge in [0.15, 0.2) is 5.82 Å². The number of hydrogen-bond acceptors (Lipinski definition) is 7. The predicted octanol–water partition coefficient (Wildman–Crippen LogP) is 5.94. The molecule has 2 bridgehead atoms. The quantitative estimate of drug-likeness (QED) is 0.251. The van der Waals surface area contributed by atoms with E-state index in [9.17, 15) is 13.2 Å². The fourth-order valence-corrected chi connectivity index (χ4v) is 8.43. The van der Waals surface area contributed by atoms with E-state index in [0.29, 0.717) is 43.3 Å². The number of fused-ring (bicyclic) bond motifs is 5. The van der Waals surface area contributed by atoms with E-state index in [1.807, 2.05) is 0 Å². The maximum Gasteiger partial charge on any atom is 0.319 e. The Morgan fingerprint density at radius 1 is 1.13 bits per heavy atom. The number of halogens is 6. The maximum atomic E-state index is 16.9. The summed E-state index contributed by atoms with van der Waals surface area (Å²) in [4.78, 5) is 13.0. The minimum Gasteiger partial charge on any atom is -0.461 e. The Labute approximate surface area is 260 Å². The number of aromatic amines is 1. The number of anilines is 1. The van der Waals surface area contributed by atoms with Crippen LogP contribution in [-0.4, -0.2) is 87.6 Å². The molecule has 2 N–H and O–H groups in total. The normalized spacial score (nSPS) is 28.2. The summed E-state index contributed by atoms with van der Waals surface area (Å²) >= 11 is 6.78. The van der Waals surface area contributed by atoms with Gasteiger partial charge in [0.25, 0.3) is 6.43 Å². The summed E-state index contributed by atoms with van der Waals surface area (Å²) in [6.07, 6.45) is 0.704. The van der Waals surface area contributed by atoms with E-state index in [1.165, 1.54) is 25.3 Å². The SMILES string of the molecule is Cc1c(F)cc2[nH]ncc2c1-c1c(Cl)cc2c(N3CC4CCC(C(F)F)(C3)N4)nc(OCC34CCCN3CC(F)C4)nc2c1F. The Hall–Kier alpha value is -3.29. The van der Waals surface area contributed by atoms with Gasteiger partial charge >= 0.3 is 6.01 Å². The van der Waals surface area contributed by atoms with E-state index in [2.05, 4.69) is 30.4 Å². The minimum atomic E-state index is -2.63. The van der Waals surface area contributed by atoms with Gasteiger partial charge in [-0.3, -0.25) is 10.00 Å². The van der Waals surface area contributed by atoms with Gasteiger partial charge in [-0.1, -0.05) is 11.6 Å². The van der Waals surface area contributed by atoms with Crippen molar-refractivity contribution >= 4 is 39.2 Å². The van der Waals surface area contributed by atoms with Crippen molar-refractivity contribution in [2.24, 2.45) is 0 Å². The molecule has 45 heavy (non-hydrogen) atoms. The molecule has 4 fully saturated rings. The molecule has 8 nitrogen and oxygen atoms in total. The highest BCUT2D eigenvalue weighted by atomic mass is 35.5. The number of rotatable bonds is 6. The van der Waals surface area contributed by atoms with Crippen LogP contribution in [0.15, 0.2) is 18.3 Å². The summed E-state index contributed by atoms with van der Waals surface area (Å²) in [6.45, 7) is 3.02. The third kappa shape index (κ3) is 4.48. The zero-order chi connectivity index (χ0) is 31.2. The van der Waals surface area contributed by atoms with Crippen molar-refractivity contribution < 1.29 is 26.7 Å². The topological polar surface area (TPSA) is 82.2 Å². The van der Waals surface area contributed by atoms with Gasteiger partial charge in [-0.2, -0.15) is 15.1 Å². The zero-order valence-electron chi connectivity index (χ0n) is 24.4. The van der Waals surface area contributed by atoms with E-state index >= 15 is 8.78 Å². The smallest absolute Gasteiger partial charge is 0.319 e. The average Bonchev–Trinajstić information content (AvgIpc) is 3.76. The Kier molecular flexibility index (Phi) is 6.71. The summed E-state index contributed by atoms with van der Waals surface area (Å²) in [5.41, 5.74) is -1.38. The van der Waals surface area contributed by atoms with Gasteiger partial charge in [-0.15, -0.1) is 0 Å². The molecule has 4 aliphatic rings. The van der Waals surface area contributed by atoms with Gasteiger partial charge < -0.3 is 15.0 Å². The third-order valence-corrected chi connectivity index (χ3v) is 10.6. The lowest BCUT2D eigenvalue weighted by atomic mass is 9.94. The number of alkyl halides is 3. The molecule has 0 saturated carbocycles. The summed E-state index contributed by atoms with van der Waals surface area (Å²) in [5.74, 6) is -1.17. The fraction of sp³-hybridized carbons (Fsp3) is 0.516. The van der Waals surface area contributed by atoms with Crippen LogP contribution >= 0.6 is 11.6 Å². The van der Waals surface area contributed by atoms with E-state index in [0.717, 1.165) is 19.4 Å². The second-order valence-electron chi connectivity index (χ2n) is 13.0. The molecule has 2 aromatic carbocycles. The monoisotopic (exact) mass is 647 g/mol. The Bertz CT molecular complexity index is 1840. The molecule has 4 aliphatic heterocycles. The largest absolute Gasteiger partial charge is 0.461 e. The van der Waals surface area contributed by atoms with Crippen LogP contribution in [0.2, 0.25) is 5.02 Å². The van der Waals surface area contributed by atoms with Crippen LogP contribution in [0.1, 0.15) is 37.7 Å². The van der Waals surface area contributed by atoms with Crippen LogP contribution in [0.5, 0.6) is 6.01 Å². The summed E-state index contributed by atoms with van der Waals surface area (Å²) < 4.78 is 81.3. The highest BCUT2D eigenvalue weighted by Crippen LogP contribution is 2.45. The van der Waals surface area contributed by atoms with E-state index < -0.39 is 35.3 Å². The van der Waals surface area contributed by atoms with Crippen molar-refractivity contribution in [2.45, 2.75) is 68.7 Å². The molecule has 4 unspecified atom stereocenters. The second kappa shape index (κ2) is 10.4. The van der Waals surface area contributed by atoms with Crippen LogP contribution in [0.4, 0.5) is 27.8 Å². The first-order valence-corrected chi connectivity index (χ1v) is 15.6. The van der Waals surface area contributed by atoms with Crippen molar-refractivity contribution in [3.05, 3.63) is 40.6 Å². The Morgan fingerprint density at radius 2 is 1.98 bits per heavy atom. The van der Waals surface area contributed by atoms with E-state index in [-0.39, 0.29) is 63.6 Å². The molecule has 4 saturated heterocycles. The molecular weight excluding hydrogens is 617 g/mol. The first-order valence-electron chi connectivity index (χ1n) is 15.2. The number of ether oxygens (including phenoxy) is 1. The number of piperazine rings is 1. The fourth-order valence-electron chi connectivity index (χ4n) is 8.14. The van der Waals surface area contributed by atoms with Crippen LogP contribution in [0.3, 0.4) is 0 Å². The van der Waals surface area contributed by atoms with Crippen molar-refractivity contribution in [1.82, 2.24) is 30.4 Å². The molecule has 4 aromatic rings. The Morgan fingerprint density at radius 3 is 2.80 bits per heavy atom. The number of aromatic nitrogens is 4. The van der Waals surface area contributed by atoms with Gasteiger partial charge in [0, 0.05) is 54.0 Å². The molecule has 0 amide bonds. The predicted molar refractivity (Wildman–Crippen MR) is 160 cm³/mol. The molecule has 238 valence electrons. The van der Waals surface area contributed by atoms with E-state index in [4.69, 9.17) is 16.3 Å². The van der Waals surface area contributed by atoms with Crippen LogP contribution < -0.4 is 15.0 Å². The zero-order valence-corrected chi connectivity index (χ0v) is 25.2. The van der Waals surface area contributed by atoms with Gasteiger partial charge in [0.1, 0.15) is 29.9 Å². The first kappa shape index (κ1) is 29.1. The molecule has 0 aliphatic carbocycles. The lowest BCUT2D eigenvalue weighted by molar-refractivity contribution is 0.0367. The highest BCUT2D eigenvalue weighted by molar-refractivity contribution is 6.35. The second-order valence-corrected chi connectivity index (χ2v) is 13.5. The van der Waals surface area contributed by atoms with Crippen molar-refractivity contribution in [3.8, 4) is 17.1 Å². The minimum absolute atomic E-state index is 0.0168. The van der Waals surface area contributed by atoms with Crippen molar-refractivity contribution in [1.29, 1.82) is 0 Å². The van der Waals surface area contributed by atoms with Crippen LogP contribution in [0.25, 0.3) is 32.9 Å². The maximum absolute atomic E-state index is 16.9. The molecule has 4 atom stereocenters. The molecule has 8 rings (SSSR count). The number of H-pyrrole nitrogens is 1. The number of hydrogen-bond donors (Lipinski definition) is 2. The van der Waals surface area contributed by atoms with Crippen LogP contribution in [-0.2, 0) is 0 Å². The molecule has 2 aromatic heterocycles. The van der Waals surface area contributed by atoms with E-state index in [1.54, 1.807) is 4.90 Å². The molecule has 14 heteroatoms. The summed E-state index contributed by atoms with van der Waals surface area (Å²) in [5, 5.41) is 10.5. The Balaban J connectivity index is 1.29. The average molecular weight is 648 g/mol. The molecule has 6 heterocycles. The number of nitrogens with zero attached hydrogens (tertiary/aromatic N) is 5. The first-order chi connectivity index (χ1) is 21.6. The summed E-state index contributed by atoms with van der Waals surface area (Å²) in [7, 11) is 0. The summed E-state index contributed by atoms with van der Waals surface area (Å²) in [6, 6.07) is 2.44.